The van der Waals surface area contributed by atoms with E-state index in [-0.39, 0.29) is 12.5 Å². The average Bonchev–Trinajstić information content (AvgIpc) is 2.93. The fraction of sp³-hybridized carbons (Fsp3) is 0.467. The quantitative estimate of drug-likeness (QED) is 0.841. The van der Waals surface area contributed by atoms with Crippen LogP contribution < -0.4 is 4.90 Å². The number of rotatable bonds is 7. The largest absolute Gasteiger partial charge is 0.396 e. The molecule has 0 aliphatic carbocycles. The molecule has 0 aliphatic heterocycles. The topological polar surface area (TPSA) is 62.4 Å². The summed E-state index contributed by atoms with van der Waals surface area (Å²) < 4.78 is 5.23. The molecule has 1 heterocycles. The lowest BCUT2D eigenvalue weighted by Crippen LogP contribution is -2.25. The minimum Gasteiger partial charge on any atom is -0.396 e. The van der Waals surface area contributed by atoms with Crippen molar-refractivity contribution in [1.82, 2.24) is 10.1 Å². The lowest BCUT2D eigenvalue weighted by molar-refractivity contribution is 0.289. The highest BCUT2D eigenvalue weighted by Crippen LogP contribution is 2.17. The smallest absolute Gasteiger partial charge is 0.229 e. The van der Waals surface area contributed by atoms with Gasteiger partial charge < -0.3 is 14.5 Å². The van der Waals surface area contributed by atoms with Crippen LogP contribution in [0.5, 0.6) is 0 Å². The maximum atomic E-state index is 9.03. The summed E-state index contributed by atoms with van der Waals surface area (Å²) in [4.78, 5) is 6.55. The summed E-state index contributed by atoms with van der Waals surface area (Å²) >= 11 is 0. The molecule has 0 bridgehead atoms. The molecule has 2 rings (SSSR count). The number of hydrogen-bond donors (Lipinski definition) is 1. The fourth-order valence-electron chi connectivity index (χ4n) is 1.94. The Bertz CT molecular complexity index is 511. The second kappa shape index (κ2) is 7.05. The Labute approximate surface area is 119 Å². The van der Waals surface area contributed by atoms with Gasteiger partial charge in [-0.1, -0.05) is 37.2 Å². The predicted molar refractivity (Wildman–Crippen MR) is 77.6 cm³/mol. The number of para-hydroxylation sites is 1. The minimum absolute atomic E-state index is 0.173. The van der Waals surface area contributed by atoms with E-state index in [9.17, 15) is 0 Å². The summed E-state index contributed by atoms with van der Waals surface area (Å²) in [7, 11) is 0. The molecule has 0 atom stereocenters. The third-order valence-electron chi connectivity index (χ3n) is 3.02. The van der Waals surface area contributed by atoms with Gasteiger partial charge in [-0.3, -0.25) is 0 Å². The van der Waals surface area contributed by atoms with E-state index in [0.717, 1.165) is 12.2 Å². The Morgan fingerprint density at radius 2 is 2.00 bits per heavy atom. The van der Waals surface area contributed by atoms with Gasteiger partial charge in [0, 0.05) is 24.8 Å². The number of nitrogens with zero attached hydrogens (tertiary/aromatic N) is 3. The Morgan fingerprint density at radius 1 is 1.25 bits per heavy atom. The maximum Gasteiger partial charge on any atom is 0.229 e. The van der Waals surface area contributed by atoms with Crippen molar-refractivity contribution in [2.45, 2.75) is 32.7 Å². The zero-order valence-corrected chi connectivity index (χ0v) is 12.0. The van der Waals surface area contributed by atoms with Crippen molar-refractivity contribution >= 4 is 5.69 Å². The Kier molecular flexibility index (Phi) is 5.12. The highest BCUT2D eigenvalue weighted by molar-refractivity contribution is 5.45. The van der Waals surface area contributed by atoms with Crippen molar-refractivity contribution in [2.24, 2.45) is 0 Å². The molecule has 2 aromatic rings. The number of aliphatic hydroxyl groups excluding tert-OH is 1. The molecule has 1 N–H and O–H groups in total. The molecule has 0 amide bonds. The van der Waals surface area contributed by atoms with Crippen LogP contribution in [-0.4, -0.2) is 28.4 Å². The van der Waals surface area contributed by atoms with Gasteiger partial charge in [0.1, 0.15) is 0 Å². The standard InChI is InChI=1S/C15H21N3O2/c1-12(2)15-16-14(17-20-15)11-18(9-6-10-19)13-7-4-3-5-8-13/h3-5,7-8,12,19H,6,9-11H2,1-2H3. The fourth-order valence-corrected chi connectivity index (χ4v) is 1.94. The summed E-state index contributed by atoms with van der Waals surface area (Å²) in [6.45, 7) is 5.56. The van der Waals surface area contributed by atoms with Crippen LogP contribution in [0.4, 0.5) is 5.69 Å². The van der Waals surface area contributed by atoms with Gasteiger partial charge >= 0.3 is 0 Å². The van der Waals surface area contributed by atoms with Crippen molar-refractivity contribution in [3.63, 3.8) is 0 Å². The van der Waals surface area contributed by atoms with Gasteiger partial charge in [0.2, 0.25) is 5.89 Å². The molecular formula is C15H21N3O2. The minimum atomic E-state index is 0.173. The van der Waals surface area contributed by atoms with E-state index in [2.05, 4.69) is 15.0 Å². The molecule has 5 nitrogen and oxygen atoms in total. The van der Waals surface area contributed by atoms with Gasteiger partial charge in [-0.2, -0.15) is 4.98 Å². The molecule has 0 saturated carbocycles. The van der Waals surface area contributed by atoms with Crippen molar-refractivity contribution in [3.05, 3.63) is 42.0 Å². The molecular weight excluding hydrogens is 254 g/mol. The Hall–Kier alpha value is -1.88. The first-order valence-corrected chi connectivity index (χ1v) is 6.94. The molecule has 0 aliphatic rings. The molecule has 0 fully saturated rings. The number of anilines is 1. The van der Waals surface area contributed by atoms with E-state index < -0.39 is 0 Å². The SMILES string of the molecule is CC(C)c1nc(CN(CCCO)c2ccccc2)no1. The monoisotopic (exact) mass is 275 g/mol. The van der Waals surface area contributed by atoms with Gasteiger partial charge in [-0.05, 0) is 18.6 Å². The molecule has 1 aromatic heterocycles. The van der Waals surface area contributed by atoms with Crippen molar-refractivity contribution in [1.29, 1.82) is 0 Å². The van der Waals surface area contributed by atoms with Gasteiger partial charge in [0.25, 0.3) is 0 Å². The zero-order valence-electron chi connectivity index (χ0n) is 12.0. The second-order valence-corrected chi connectivity index (χ2v) is 5.04. The molecule has 0 radical (unpaired) electrons. The molecule has 1 aromatic carbocycles. The third kappa shape index (κ3) is 3.81. The third-order valence-corrected chi connectivity index (χ3v) is 3.02. The van der Waals surface area contributed by atoms with Crippen molar-refractivity contribution in [3.8, 4) is 0 Å². The number of hydrogen-bond acceptors (Lipinski definition) is 5. The molecule has 5 heteroatoms. The van der Waals surface area contributed by atoms with E-state index in [0.29, 0.717) is 24.7 Å². The number of aliphatic hydroxyl groups is 1. The highest BCUT2D eigenvalue weighted by Gasteiger charge is 2.13. The lowest BCUT2D eigenvalue weighted by Gasteiger charge is -2.22. The first kappa shape index (κ1) is 14.5. The highest BCUT2D eigenvalue weighted by atomic mass is 16.5. The Balaban J connectivity index is 2.10. The Morgan fingerprint density at radius 3 is 2.60 bits per heavy atom. The van der Waals surface area contributed by atoms with E-state index in [1.54, 1.807) is 0 Å². The van der Waals surface area contributed by atoms with Crippen molar-refractivity contribution in [2.75, 3.05) is 18.1 Å². The van der Waals surface area contributed by atoms with E-state index in [1.165, 1.54) is 0 Å². The molecule has 0 spiro atoms. The van der Waals surface area contributed by atoms with Crippen LogP contribution in [-0.2, 0) is 6.54 Å². The summed E-state index contributed by atoms with van der Waals surface area (Å²) in [5.41, 5.74) is 1.09. The van der Waals surface area contributed by atoms with Crippen LogP contribution >= 0.6 is 0 Å². The molecule has 20 heavy (non-hydrogen) atoms. The van der Waals surface area contributed by atoms with Gasteiger partial charge in [0.05, 0.1) is 6.54 Å². The first-order valence-electron chi connectivity index (χ1n) is 6.94. The summed E-state index contributed by atoms with van der Waals surface area (Å²) in [5.74, 6) is 1.57. The maximum absolute atomic E-state index is 9.03. The van der Waals surface area contributed by atoms with Gasteiger partial charge in [-0.15, -0.1) is 0 Å². The average molecular weight is 275 g/mol. The van der Waals surface area contributed by atoms with E-state index in [4.69, 9.17) is 9.63 Å². The van der Waals surface area contributed by atoms with Crippen molar-refractivity contribution < 1.29 is 9.63 Å². The first-order chi connectivity index (χ1) is 9.70. The van der Waals surface area contributed by atoms with Gasteiger partial charge in [-0.25, -0.2) is 0 Å². The van der Waals surface area contributed by atoms with Gasteiger partial charge in [0.15, 0.2) is 5.82 Å². The van der Waals surface area contributed by atoms with Crippen LogP contribution in [0.2, 0.25) is 0 Å². The summed E-state index contributed by atoms with van der Waals surface area (Å²) in [6, 6.07) is 10.1. The molecule has 0 unspecified atom stereocenters. The van der Waals surface area contributed by atoms with Crippen LogP contribution in [0, 0.1) is 0 Å². The summed E-state index contributed by atoms with van der Waals surface area (Å²) in [5, 5.41) is 13.0. The van der Waals surface area contributed by atoms with E-state index >= 15 is 0 Å². The summed E-state index contributed by atoms with van der Waals surface area (Å²) in [6.07, 6.45) is 0.712. The van der Waals surface area contributed by atoms with Crippen LogP contribution in [0.25, 0.3) is 0 Å². The number of aromatic nitrogens is 2. The van der Waals surface area contributed by atoms with Crippen LogP contribution in [0.3, 0.4) is 0 Å². The van der Waals surface area contributed by atoms with Crippen LogP contribution in [0.1, 0.15) is 37.9 Å². The number of benzene rings is 1. The van der Waals surface area contributed by atoms with E-state index in [1.807, 2.05) is 44.2 Å². The predicted octanol–water partition coefficient (Wildman–Crippen LogP) is 2.58. The molecule has 0 saturated heterocycles. The molecule has 108 valence electrons. The lowest BCUT2D eigenvalue weighted by atomic mass is 10.2. The normalized spacial score (nSPS) is 11.0. The van der Waals surface area contributed by atoms with Crippen LogP contribution in [0.15, 0.2) is 34.9 Å². The zero-order chi connectivity index (χ0) is 14.4. The second-order valence-electron chi connectivity index (χ2n) is 5.04.